The molecule has 0 aromatic heterocycles. The molecule has 0 heterocycles. The van der Waals surface area contributed by atoms with Gasteiger partial charge in [0.1, 0.15) is 6.04 Å². The first-order valence-corrected chi connectivity index (χ1v) is 14.6. The number of carbonyl (C=O) groups excluding carboxylic acids is 2. The number of anilines is 1. The lowest BCUT2D eigenvalue weighted by Crippen LogP contribution is -2.49. The predicted molar refractivity (Wildman–Crippen MR) is 152 cm³/mol. The van der Waals surface area contributed by atoms with Crippen LogP contribution in [0.15, 0.2) is 78.9 Å². The average molecular weight is 536 g/mol. The zero-order chi connectivity index (χ0) is 27.7. The second-order valence-corrected chi connectivity index (χ2v) is 11.5. The highest BCUT2D eigenvalue weighted by Crippen LogP contribution is 2.21. The Balaban J connectivity index is 1.84. The van der Waals surface area contributed by atoms with Crippen LogP contribution in [0.1, 0.15) is 35.1 Å². The van der Waals surface area contributed by atoms with E-state index in [-0.39, 0.29) is 31.3 Å². The third kappa shape index (κ3) is 8.18. The number of nitrogens with one attached hydrogen (secondary N) is 1. The molecule has 0 saturated heterocycles. The standard InChI is InChI=1S/C30H37N3O4S/c1-23-15-17-26(18-16-23)22-32(28(30(35)31-3)21-25-11-6-5-7-12-25)29(34)14-9-19-33(38(4,36)37)27-13-8-10-24(2)20-27/h5-8,10-13,15-18,20,28H,9,14,19,21-22H2,1-4H3,(H,31,35)/t28-/m1/s1. The van der Waals surface area contributed by atoms with E-state index in [0.29, 0.717) is 18.5 Å². The van der Waals surface area contributed by atoms with Crippen molar-refractivity contribution < 1.29 is 18.0 Å². The second kappa shape index (κ2) is 13.2. The molecule has 202 valence electrons. The van der Waals surface area contributed by atoms with Crippen molar-refractivity contribution in [3.63, 3.8) is 0 Å². The molecule has 8 heteroatoms. The minimum Gasteiger partial charge on any atom is -0.357 e. The fourth-order valence-corrected chi connectivity index (χ4v) is 5.36. The van der Waals surface area contributed by atoms with Gasteiger partial charge in [0.05, 0.1) is 11.9 Å². The van der Waals surface area contributed by atoms with Gasteiger partial charge in [0.2, 0.25) is 21.8 Å². The smallest absolute Gasteiger partial charge is 0.242 e. The maximum absolute atomic E-state index is 13.7. The van der Waals surface area contributed by atoms with Crippen LogP contribution in [0.2, 0.25) is 0 Å². The van der Waals surface area contributed by atoms with Gasteiger partial charge < -0.3 is 10.2 Å². The number of benzene rings is 3. The second-order valence-electron chi connectivity index (χ2n) is 9.60. The molecule has 3 aromatic carbocycles. The van der Waals surface area contributed by atoms with Crippen molar-refractivity contribution in [2.45, 2.75) is 45.7 Å². The van der Waals surface area contributed by atoms with Gasteiger partial charge in [-0.15, -0.1) is 0 Å². The molecule has 3 aromatic rings. The van der Waals surface area contributed by atoms with Crippen LogP contribution >= 0.6 is 0 Å². The lowest BCUT2D eigenvalue weighted by Gasteiger charge is -2.31. The van der Waals surface area contributed by atoms with E-state index in [1.54, 1.807) is 18.0 Å². The molecule has 0 saturated carbocycles. The number of nitrogens with zero attached hydrogens (tertiary/aromatic N) is 2. The minimum atomic E-state index is -3.54. The molecule has 0 spiro atoms. The van der Waals surface area contributed by atoms with Gasteiger partial charge in [0, 0.05) is 33.0 Å². The van der Waals surface area contributed by atoms with E-state index in [1.807, 2.05) is 86.6 Å². The topological polar surface area (TPSA) is 86.8 Å². The molecule has 2 amide bonds. The highest BCUT2D eigenvalue weighted by atomic mass is 32.2. The minimum absolute atomic E-state index is 0.103. The molecule has 0 fully saturated rings. The van der Waals surface area contributed by atoms with Gasteiger partial charge in [-0.05, 0) is 49.1 Å². The number of rotatable bonds is 12. The zero-order valence-corrected chi connectivity index (χ0v) is 23.4. The van der Waals surface area contributed by atoms with Gasteiger partial charge in [-0.3, -0.25) is 13.9 Å². The molecular formula is C30H37N3O4S. The molecule has 1 N–H and O–H groups in total. The quantitative estimate of drug-likeness (QED) is 0.376. The summed E-state index contributed by atoms with van der Waals surface area (Å²) < 4.78 is 26.4. The first-order chi connectivity index (χ1) is 18.1. The van der Waals surface area contributed by atoms with Gasteiger partial charge in [-0.25, -0.2) is 8.42 Å². The van der Waals surface area contributed by atoms with Gasteiger partial charge >= 0.3 is 0 Å². The van der Waals surface area contributed by atoms with Crippen LogP contribution in [0.25, 0.3) is 0 Å². The van der Waals surface area contributed by atoms with Gasteiger partial charge in [-0.1, -0.05) is 72.3 Å². The van der Waals surface area contributed by atoms with E-state index in [9.17, 15) is 18.0 Å². The third-order valence-electron chi connectivity index (χ3n) is 6.43. The maximum atomic E-state index is 13.7. The van der Waals surface area contributed by atoms with Crippen molar-refractivity contribution in [3.8, 4) is 0 Å². The number of hydrogen-bond acceptors (Lipinski definition) is 4. The molecule has 38 heavy (non-hydrogen) atoms. The van der Waals surface area contributed by atoms with Crippen molar-refractivity contribution in [3.05, 3.63) is 101 Å². The van der Waals surface area contributed by atoms with E-state index in [2.05, 4.69) is 5.32 Å². The van der Waals surface area contributed by atoms with E-state index in [1.165, 1.54) is 10.6 Å². The normalized spacial score (nSPS) is 12.0. The van der Waals surface area contributed by atoms with Crippen molar-refractivity contribution in [1.29, 1.82) is 0 Å². The number of likely N-dealkylation sites (N-methyl/N-ethyl adjacent to an activating group) is 1. The maximum Gasteiger partial charge on any atom is 0.242 e. The van der Waals surface area contributed by atoms with Crippen molar-refractivity contribution in [2.24, 2.45) is 0 Å². The Hall–Kier alpha value is -3.65. The van der Waals surface area contributed by atoms with Crippen LogP contribution in [0.5, 0.6) is 0 Å². The average Bonchev–Trinajstić information content (AvgIpc) is 2.89. The molecule has 0 aliphatic rings. The summed E-state index contributed by atoms with van der Waals surface area (Å²) >= 11 is 0. The van der Waals surface area contributed by atoms with Crippen molar-refractivity contribution in [1.82, 2.24) is 10.2 Å². The third-order valence-corrected chi connectivity index (χ3v) is 7.63. The number of carbonyl (C=O) groups is 2. The summed E-state index contributed by atoms with van der Waals surface area (Å²) in [6, 6.07) is 24.1. The lowest BCUT2D eigenvalue weighted by atomic mass is 10.0. The number of sulfonamides is 1. The van der Waals surface area contributed by atoms with E-state index < -0.39 is 16.1 Å². The van der Waals surface area contributed by atoms with Gasteiger partial charge in [0.15, 0.2) is 0 Å². The van der Waals surface area contributed by atoms with Crippen molar-refractivity contribution in [2.75, 3.05) is 24.2 Å². The highest BCUT2D eigenvalue weighted by molar-refractivity contribution is 7.92. The zero-order valence-electron chi connectivity index (χ0n) is 22.6. The molecule has 0 aliphatic heterocycles. The van der Waals surface area contributed by atoms with E-state index in [4.69, 9.17) is 0 Å². The largest absolute Gasteiger partial charge is 0.357 e. The number of amides is 2. The van der Waals surface area contributed by atoms with Gasteiger partial charge in [-0.2, -0.15) is 0 Å². The molecule has 7 nitrogen and oxygen atoms in total. The molecule has 0 unspecified atom stereocenters. The van der Waals surface area contributed by atoms with Crippen LogP contribution in [0, 0.1) is 13.8 Å². The fourth-order valence-electron chi connectivity index (χ4n) is 4.40. The number of hydrogen-bond donors (Lipinski definition) is 1. The van der Waals surface area contributed by atoms with Gasteiger partial charge in [0.25, 0.3) is 0 Å². The Morgan fingerprint density at radius 1 is 0.868 bits per heavy atom. The number of aryl methyl sites for hydroxylation is 2. The predicted octanol–water partition coefficient (Wildman–Crippen LogP) is 4.24. The summed E-state index contributed by atoms with van der Waals surface area (Å²) in [5.41, 5.74) is 4.50. The van der Waals surface area contributed by atoms with E-state index in [0.717, 1.165) is 22.3 Å². The Morgan fingerprint density at radius 3 is 2.16 bits per heavy atom. The summed E-state index contributed by atoms with van der Waals surface area (Å²) in [5.74, 6) is -0.445. The molecule has 0 radical (unpaired) electrons. The van der Waals surface area contributed by atoms with Crippen LogP contribution in [-0.4, -0.2) is 51.0 Å². The monoisotopic (exact) mass is 535 g/mol. The molecule has 0 bridgehead atoms. The molecule has 1 atom stereocenters. The highest BCUT2D eigenvalue weighted by Gasteiger charge is 2.30. The van der Waals surface area contributed by atoms with Crippen LogP contribution in [-0.2, 0) is 32.6 Å². The van der Waals surface area contributed by atoms with E-state index >= 15 is 0 Å². The Bertz CT molecular complexity index is 1330. The Morgan fingerprint density at radius 2 is 1.55 bits per heavy atom. The molecule has 0 aliphatic carbocycles. The summed E-state index contributed by atoms with van der Waals surface area (Å²) in [7, 11) is -1.97. The first-order valence-electron chi connectivity index (χ1n) is 12.7. The lowest BCUT2D eigenvalue weighted by molar-refractivity contribution is -0.141. The van der Waals surface area contributed by atoms with Crippen LogP contribution < -0.4 is 9.62 Å². The fraction of sp³-hybridized carbons (Fsp3) is 0.333. The molecular weight excluding hydrogens is 498 g/mol. The summed E-state index contributed by atoms with van der Waals surface area (Å²) in [6.45, 7) is 4.34. The Kier molecular flexibility index (Phi) is 10.1. The SMILES string of the molecule is CNC(=O)[C@@H](Cc1ccccc1)N(Cc1ccc(C)cc1)C(=O)CCCN(c1cccc(C)c1)S(C)(=O)=O. The Labute approximate surface area is 226 Å². The van der Waals surface area contributed by atoms with Crippen LogP contribution in [0.3, 0.4) is 0 Å². The van der Waals surface area contributed by atoms with Crippen LogP contribution in [0.4, 0.5) is 5.69 Å². The van der Waals surface area contributed by atoms with Crippen molar-refractivity contribution >= 4 is 27.5 Å². The summed E-state index contributed by atoms with van der Waals surface area (Å²) in [4.78, 5) is 28.3. The molecule has 3 rings (SSSR count). The summed E-state index contributed by atoms with van der Waals surface area (Å²) in [5, 5.41) is 2.72. The summed E-state index contributed by atoms with van der Waals surface area (Å²) in [6.07, 6.45) is 1.96. The first kappa shape index (κ1) is 28.9.